The molecule has 3 rings (SSSR count). The van der Waals surface area contributed by atoms with Crippen LogP contribution >= 0.6 is 22.7 Å². The third-order valence-corrected chi connectivity index (χ3v) is 6.17. The number of sulfonamides is 1. The Morgan fingerprint density at radius 3 is 2.37 bits per heavy atom. The summed E-state index contributed by atoms with van der Waals surface area (Å²) in [5.74, 6) is -0.724. The summed E-state index contributed by atoms with van der Waals surface area (Å²) < 4.78 is 64.4. The summed E-state index contributed by atoms with van der Waals surface area (Å²) in [4.78, 5) is 11.8. The Balaban J connectivity index is 1.70. The van der Waals surface area contributed by atoms with Crippen LogP contribution in [0.1, 0.15) is 15.2 Å². The van der Waals surface area contributed by atoms with Crippen molar-refractivity contribution in [2.45, 2.75) is 11.1 Å². The van der Waals surface area contributed by atoms with E-state index in [0.717, 1.165) is 22.8 Å². The number of halogens is 3. The lowest BCUT2D eigenvalue weighted by molar-refractivity contribution is -0.137. The van der Waals surface area contributed by atoms with Gasteiger partial charge < -0.3 is 5.32 Å². The molecule has 0 saturated heterocycles. The van der Waals surface area contributed by atoms with Crippen molar-refractivity contribution in [1.82, 2.24) is 10.2 Å². The van der Waals surface area contributed by atoms with Gasteiger partial charge in [-0.15, -0.1) is 21.5 Å². The second-order valence-electron chi connectivity index (χ2n) is 5.03. The van der Waals surface area contributed by atoms with Gasteiger partial charge in [0.15, 0.2) is 0 Å². The number of hydrogen-bond donors (Lipinski definition) is 2. The lowest BCUT2D eigenvalue weighted by Gasteiger charge is -2.07. The highest BCUT2D eigenvalue weighted by Gasteiger charge is 2.32. The van der Waals surface area contributed by atoms with Crippen molar-refractivity contribution in [2.24, 2.45) is 0 Å². The van der Waals surface area contributed by atoms with Crippen LogP contribution in [0.2, 0.25) is 0 Å². The maximum atomic E-state index is 12.6. The van der Waals surface area contributed by atoms with Gasteiger partial charge in [0.2, 0.25) is 5.13 Å². The molecule has 7 nitrogen and oxygen atoms in total. The number of nitrogens with one attached hydrogen (secondary N) is 2. The molecule has 0 aliphatic rings. The number of benzene rings is 1. The van der Waals surface area contributed by atoms with E-state index >= 15 is 0 Å². The van der Waals surface area contributed by atoms with E-state index in [1.54, 1.807) is 0 Å². The predicted octanol–water partition coefficient (Wildman–Crippen LogP) is 3.67. The molecule has 2 aromatic heterocycles. The maximum absolute atomic E-state index is 12.6. The summed E-state index contributed by atoms with van der Waals surface area (Å²) in [6, 6.07) is 5.89. The van der Waals surface area contributed by atoms with E-state index in [0.29, 0.717) is 11.3 Å². The minimum Gasteiger partial charge on any atom is -0.321 e. The van der Waals surface area contributed by atoms with Crippen molar-refractivity contribution < 1.29 is 26.4 Å². The van der Waals surface area contributed by atoms with Gasteiger partial charge in [0.05, 0.1) is 15.3 Å². The average molecular weight is 434 g/mol. The molecule has 3 aromatic rings. The molecular formula is C14H9F3N4O3S3. The fourth-order valence-electron chi connectivity index (χ4n) is 1.91. The van der Waals surface area contributed by atoms with Crippen molar-refractivity contribution in [3.63, 3.8) is 0 Å². The summed E-state index contributed by atoms with van der Waals surface area (Å²) in [6.45, 7) is 0. The van der Waals surface area contributed by atoms with Crippen LogP contribution in [0.15, 0.2) is 46.1 Å². The molecule has 0 radical (unpaired) electrons. The van der Waals surface area contributed by atoms with Gasteiger partial charge in [-0.25, -0.2) is 8.42 Å². The third-order valence-electron chi connectivity index (χ3n) is 3.15. The number of aromatic nitrogens is 2. The number of carbonyl (C=O) groups excluding carboxylic acids is 1. The van der Waals surface area contributed by atoms with Crippen LogP contribution in [-0.2, 0) is 16.2 Å². The molecular weight excluding hydrogens is 425 g/mol. The minimum atomic E-state index is -4.52. The van der Waals surface area contributed by atoms with Crippen LogP contribution < -0.4 is 10.0 Å². The normalized spacial score (nSPS) is 12.0. The van der Waals surface area contributed by atoms with E-state index in [-0.39, 0.29) is 20.6 Å². The number of thiophene rings is 1. The molecule has 2 heterocycles. The number of alkyl halides is 3. The predicted molar refractivity (Wildman–Crippen MR) is 94.4 cm³/mol. The molecule has 0 aliphatic carbocycles. The first-order chi connectivity index (χ1) is 12.6. The highest BCUT2D eigenvalue weighted by molar-refractivity contribution is 7.93. The lowest BCUT2D eigenvalue weighted by atomic mass is 10.3. The number of rotatable bonds is 5. The van der Waals surface area contributed by atoms with Crippen LogP contribution in [0.4, 0.5) is 24.0 Å². The van der Waals surface area contributed by atoms with Gasteiger partial charge in [0.1, 0.15) is 5.51 Å². The van der Waals surface area contributed by atoms with Crippen LogP contribution in [0.25, 0.3) is 0 Å². The van der Waals surface area contributed by atoms with Gasteiger partial charge >= 0.3 is 6.18 Å². The van der Waals surface area contributed by atoms with Crippen molar-refractivity contribution in [2.75, 3.05) is 10.0 Å². The second kappa shape index (κ2) is 7.25. The molecule has 0 unspecified atom stereocenters. The standard InChI is InChI=1S/C14H9F3N4O3S3/c15-14(16,17)8-5-11(25-6-8)12(22)19-9-1-3-10(4-2-9)27(23,24)21-13-20-18-7-26-13/h1-7H,(H,19,22)(H,20,21). The summed E-state index contributed by atoms with van der Waals surface area (Å²) >= 11 is 1.67. The minimum absolute atomic E-state index is 0.0776. The maximum Gasteiger partial charge on any atom is 0.417 e. The molecule has 1 amide bonds. The molecule has 0 aliphatic heterocycles. The lowest BCUT2D eigenvalue weighted by Crippen LogP contribution is -2.13. The largest absolute Gasteiger partial charge is 0.417 e. The molecule has 0 spiro atoms. The van der Waals surface area contributed by atoms with Gasteiger partial charge in [-0.05, 0) is 30.3 Å². The highest BCUT2D eigenvalue weighted by Crippen LogP contribution is 2.32. The van der Waals surface area contributed by atoms with Crippen LogP contribution in [0.3, 0.4) is 0 Å². The number of hydrogen-bond acceptors (Lipinski definition) is 7. The Hall–Kier alpha value is -2.51. The Bertz CT molecular complexity index is 1050. The van der Waals surface area contributed by atoms with Crippen molar-refractivity contribution >= 4 is 49.4 Å². The van der Waals surface area contributed by atoms with E-state index in [1.165, 1.54) is 29.8 Å². The zero-order chi connectivity index (χ0) is 19.7. The van der Waals surface area contributed by atoms with Crippen LogP contribution in [-0.4, -0.2) is 24.5 Å². The van der Waals surface area contributed by atoms with E-state index in [4.69, 9.17) is 0 Å². The van der Waals surface area contributed by atoms with Gasteiger partial charge in [0.25, 0.3) is 15.9 Å². The van der Waals surface area contributed by atoms with E-state index in [1.807, 2.05) is 0 Å². The van der Waals surface area contributed by atoms with Crippen LogP contribution in [0, 0.1) is 0 Å². The first-order valence-corrected chi connectivity index (χ1v) is 10.3. The molecule has 142 valence electrons. The Labute approximate surface area is 158 Å². The summed E-state index contributed by atoms with van der Waals surface area (Å²) in [6.07, 6.45) is -4.52. The Morgan fingerprint density at radius 2 is 1.81 bits per heavy atom. The molecule has 0 atom stereocenters. The molecule has 13 heteroatoms. The Kier molecular flexibility index (Phi) is 5.17. The monoisotopic (exact) mass is 434 g/mol. The van der Waals surface area contributed by atoms with E-state index < -0.39 is 27.7 Å². The highest BCUT2D eigenvalue weighted by atomic mass is 32.2. The van der Waals surface area contributed by atoms with Crippen molar-refractivity contribution in [3.8, 4) is 0 Å². The zero-order valence-electron chi connectivity index (χ0n) is 13.0. The number of nitrogens with zero attached hydrogens (tertiary/aromatic N) is 2. The first kappa shape index (κ1) is 19.3. The number of anilines is 2. The average Bonchev–Trinajstić information content (AvgIpc) is 3.25. The Morgan fingerprint density at radius 1 is 1.11 bits per heavy atom. The quantitative estimate of drug-likeness (QED) is 0.638. The molecule has 2 N–H and O–H groups in total. The fourth-order valence-corrected chi connectivity index (χ4v) is 4.41. The summed E-state index contributed by atoms with van der Waals surface area (Å²) in [7, 11) is -3.87. The topological polar surface area (TPSA) is 101 Å². The van der Waals surface area contributed by atoms with Crippen molar-refractivity contribution in [1.29, 1.82) is 0 Å². The van der Waals surface area contributed by atoms with Gasteiger partial charge in [-0.1, -0.05) is 11.3 Å². The van der Waals surface area contributed by atoms with Gasteiger partial charge in [-0.2, -0.15) is 13.2 Å². The molecule has 27 heavy (non-hydrogen) atoms. The molecule has 0 bridgehead atoms. The smallest absolute Gasteiger partial charge is 0.321 e. The van der Waals surface area contributed by atoms with Crippen molar-refractivity contribution in [3.05, 3.63) is 51.7 Å². The molecule has 0 fully saturated rings. The fraction of sp³-hybridized carbons (Fsp3) is 0.0714. The number of amides is 1. The molecule has 1 aromatic carbocycles. The summed E-state index contributed by atoms with van der Waals surface area (Å²) in [5.41, 5.74) is 0.698. The molecule has 0 saturated carbocycles. The SMILES string of the molecule is O=C(Nc1ccc(S(=O)(=O)Nc2nncs2)cc1)c1cc(C(F)(F)F)cs1. The summed E-state index contributed by atoms with van der Waals surface area (Å²) in [5, 5.41) is 10.5. The van der Waals surface area contributed by atoms with E-state index in [2.05, 4.69) is 20.2 Å². The number of carbonyl (C=O) groups is 1. The van der Waals surface area contributed by atoms with Crippen LogP contribution in [0.5, 0.6) is 0 Å². The zero-order valence-corrected chi connectivity index (χ0v) is 15.5. The first-order valence-electron chi connectivity index (χ1n) is 7.01. The van der Waals surface area contributed by atoms with Gasteiger partial charge in [-0.3, -0.25) is 9.52 Å². The van der Waals surface area contributed by atoms with Gasteiger partial charge in [0, 0.05) is 11.1 Å². The third kappa shape index (κ3) is 4.61. The second-order valence-corrected chi connectivity index (χ2v) is 8.45. The van der Waals surface area contributed by atoms with E-state index in [9.17, 15) is 26.4 Å².